The third-order valence-electron chi connectivity index (χ3n) is 3.18. The number of amides is 2. The minimum Gasteiger partial charge on any atom is -0.497 e. The van der Waals surface area contributed by atoms with Crippen molar-refractivity contribution in [1.82, 2.24) is 10.2 Å². The lowest BCUT2D eigenvalue weighted by atomic mass is 10.1. The number of benzene rings is 1. The Morgan fingerprint density at radius 2 is 2.05 bits per heavy atom. The Kier molecular flexibility index (Phi) is 6.87. The van der Waals surface area contributed by atoms with Gasteiger partial charge in [-0.2, -0.15) is 0 Å². The SMILES string of the molecule is COc1ccc(CCC(C)NC(=O)N(C)CCO)cc1. The van der Waals surface area contributed by atoms with Crippen LogP contribution in [0.15, 0.2) is 24.3 Å². The zero-order valence-electron chi connectivity index (χ0n) is 12.4. The molecule has 1 rings (SSSR count). The van der Waals surface area contributed by atoms with Crippen molar-refractivity contribution in [2.45, 2.75) is 25.8 Å². The van der Waals surface area contributed by atoms with Crippen molar-refractivity contribution in [3.63, 3.8) is 0 Å². The molecule has 112 valence electrons. The Morgan fingerprint density at radius 1 is 1.40 bits per heavy atom. The Balaban J connectivity index is 2.35. The number of hydrogen-bond acceptors (Lipinski definition) is 3. The minimum atomic E-state index is -0.152. The molecule has 5 heteroatoms. The van der Waals surface area contributed by atoms with Gasteiger partial charge < -0.3 is 20.1 Å². The number of aliphatic hydroxyl groups is 1. The van der Waals surface area contributed by atoms with Crippen LogP contribution in [0.1, 0.15) is 18.9 Å². The molecule has 0 saturated carbocycles. The van der Waals surface area contributed by atoms with Crippen LogP contribution in [0, 0.1) is 0 Å². The summed E-state index contributed by atoms with van der Waals surface area (Å²) in [4.78, 5) is 13.2. The van der Waals surface area contributed by atoms with E-state index >= 15 is 0 Å². The zero-order valence-corrected chi connectivity index (χ0v) is 12.4. The van der Waals surface area contributed by atoms with E-state index < -0.39 is 0 Å². The highest BCUT2D eigenvalue weighted by Crippen LogP contribution is 2.13. The van der Waals surface area contributed by atoms with E-state index in [9.17, 15) is 4.79 Å². The third-order valence-corrected chi connectivity index (χ3v) is 3.18. The molecule has 1 aromatic carbocycles. The van der Waals surface area contributed by atoms with Crippen LogP contribution >= 0.6 is 0 Å². The van der Waals surface area contributed by atoms with Gasteiger partial charge in [-0.05, 0) is 37.5 Å². The molecule has 1 unspecified atom stereocenters. The number of carbonyl (C=O) groups is 1. The molecule has 5 nitrogen and oxygen atoms in total. The van der Waals surface area contributed by atoms with Gasteiger partial charge in [-0.25, -0.2) is 4.79 Å². The summed E-state index contributed by atoms with van der Waals surface area (Å²) in [6.45, 7) is 2.30. The van der Waals surface area contributed by atoms with Crippen LogP contribution in [-0.2, 0) is 6.42 Å². The molecule has 0 aromatic heterocycles. The number of aliphatic hydroxyl groups excluding tert-OH is 1. The van der Waals surface area contributed by atoms with Crippen molar-refractivity contribution in [1.29, 1.82) is 0 Å². The summed E-state index contributed by atoms with van der Waals surface area (Å²) < 4.78 is 5.11. The topological polar surface area (TPSA) is 61.8 Å². The summed E-state index contributed by atoms with van der Waals surface area (Å²) in [6, 6.07) is 7.88. The molecule has 0 spiro atoms. The van der Waals surface area contributed by atoms with E-state index in [1.807, 2.05) is 31.2 Å². The molecule has 0 aliphatic heterocycles. The second-order valence-corrected chi connectivity index (χ2v) is 4.88. The summed E-state index contributed by atoms with van der Waals surface area (Å²) in [7, 11) is 3.32. The smallest absolute Gasteiger partial charge is 0.317 e. The van der Waals surface area contributed by atoms with Crippen LogP contribution in [0.25, 0.3) is 0 Å². The first-order valence-electron chi connectivity index (χ1n) is 6.82. The molecule has 0 radical (unpaired) electrons. The number of nitrogens with one attached hydrogen (secondary N) is 1. The van der Waals surface area contributed by atoms with Crippen molar-refractivity contribution in [3.8, 4) is 5.75 Å². The van der Waals surface area contributed by atoms with E-state index in [4.69, 9.17) is 9.84 Å². The Hall–Kier alpha value is -1.75. The zero-order chi connectivity index (χ0) is 15.0. The van der Waals surface area contributed by atoms with E-state index in [-0.39, 0.29) is 18.7 Å². The van der Waals surface area contributed by atoms with Gasteiger partial charge in [-0.15, -0.1) is 0 Å². The van der Waals surface area contributed by atoms with Crippen molar-refractivity contribution in [2.24, 2.45) is 0 Å². The molecule has 2 amide bonds. The van der Waals surface area contributed by atoms with Gasteiger partial charge in [0.05, 0.1) is 13.7 Å². The molecule has 1 atom stereocenters. The van der Waals surface area contributed by atoms with Gasteiger partial charge in [0.1, 0.15) is 5.75 Å². The van der Waals surface area contributed by atoms with Crippen molar-refractivity contribution in [3.05, 3.63) is 29.8 Å². The highest BCUT2D eigenvalue weighted by molar-refractivity contribution is 5.74. The molecule has 0 aliphatic rings. The number of methoxy groups -OCH3 is 1. The maximum absolute atomic E-state index is 11.7. The summed E-state index contributed by atoms with van der Waals surface area (Å²) in [6.07, 6.45) is 1.76. The summed E-state index contributed by atoms with van der Waals surface area (Å²) in [5.41, 5.74) is 1.22. The molecule has 1 aromatic rings. The number of aryl methyl sites for hydroxylation is 1. The number of carbonyl (C=O) groups excluding carboxylic acids is 1. The van der Waals surface area contributed by atoms with E-state index in [2.05, 4.69) is 5.32 Å². The average molecular weight is 280 g/mol. The quantitative estimate of drug-likeness (QED) is 0.798. The van der Waals surface area contributed by atoms with Gasteiger partial charge in [0, 0.05) is 19.6 Å². The molecule has 0 bridgehead atoms. The molecule has 2 N–H and O–H groups in total. The van der Waals surface area contributed by atoms with E-state index in [1.54, 1.807) is 14.2 Å². The first kappa shape index (κ1) is 16.3. The molecule has 0 saturated heterocycles. The minimum absolute atomic E-state index is 0.0237. The number of likely N-dealkylation sites (N-methyl/N-ethyl adjacent to an activating group) is 1. The van der Waals surface area contributed by atoms with E-state index in [0.717, 1.165) is 18.6 Å². The third kappa shape index (κ3) is 5.48. The number of urea groups is 1. The number of nitrogens with zero attached hydrogens (tertiary/aromatic N) is 1. The maximum Gasteiger partial charge on any atom is 0.317 e. The molecule has 0 aliphatic carbocycles. The summed E-state index contributed by atoms with van der Waals surface area (Å²) >= 11 is 0. The Morgan fingerprint density at radius 3 is 2.60 bits per heavy atom. The fraction of sp³-hybridized carbons (Fsp3) is 0.533. The van der Waals surface area contributed by atoms with Crippen molar-refractivity contribution < 1.29 is 14.6 Å². The van der Waals surface area contributed by atoms with E-state index in [0.29, 0.717) is 6.54 Å². The van der Waals surface area contributed by atoms with Crippen molar-refractivity contribution >= 4 is 6.03 Å². The lowest BCUT2D eigenvalue weighted by Gasteiger charge is -2.20. The first-order valence-corrected chi connectivity index (χ1v) is 6.82. The van der Waals surface area contributed by atoms with Crippen LogP contribution in [0.5, 0.6) is 5.75 Å². The predicted octanol–water partition coefficient (Wildman–Crippen LogP) is 1.65. The van der Waals surface area contributed by atoms with Crippen LogP contribution in [-0.4, -0.2) is 49.4 Å². The molecule has 20 heavy (non-hydrogen) atoms. The van der Waals surface area contributed by atoms with Crippen LogP contribution in [0.3, 0.4) is 0 Å². The second kappa shape index (κ2) is 8.43. The lowest BCUT2D eigenvalue weighted by molar-refractivity contribution is 0.187. The first-order chi connectivity index (χ1) is 9.56. The number of ether oxygens (including phenoxy) is 1. The second-order valence-electron chi connectivity index (χ2n) is 4.88. The highest BCUT2D eigenvalue weighted by Gasteiger charge is 2.11. The van der Waals surface area contributed by atoms with Gasteiger partial charge in [-0.3, -0.25) is 0 Å². The largest absolute Gasteiger partial charge is 0.497 e. The van der Waals surface area contributed by atoms with Crippen LogP contribution < -0.4 is 10.1 Å². The van der Waals surface area contributed by atoms with Crippen LogP contribution in [0.2, 0.25) is 0 Å². The lowest BCUT2D eigenvalue weighted by Crippen LogP contribution is -2.43. The van der Waals surface area contributed by atoms with Crippen LogP contribution in [0.4, 0.5) is 4.79 Å². The Labute approximate surface area is 120 Å². The molecular formula is C15H24N2O3. The molecular weight excluding hydrogens is 256 g/mol. The molecule has 0 fully saturated rings. The fourth-order valence-corrected chi connectivity index (χ4v) is 1.82. The summed E-state index contributed by atoms with van der Waals surface area (Å²) in [5.74, 6) is 0.848. The normalized spacial score (nSPS) is 11.8. The maximum atomic E-state index is 11.7. The monoisotopic (exact) mass is 280 g/mol. The average Bonchev–Trinajstić information content (AvgIpc) is 2.45. The van der Waals surface area contributed by atoms with Gasteiger partial charge in [0.15, 0.2) is 0 Å². The molecule has 0 heterocycles. The van der Waals surface area contributed by atoms with Gasteiger partial charge in [0.25, 0.3) is 0 Å². The van der Waals surface area contributed by atoms with Crippen molar-refractivity contribution in [2.75, 3.05) is 27.3 Å². The number of hydrogen-bond donors (Lipinski definition) is 2. The number of rotatable bonds is 7. The predicted molar refractivity (Wildman–Crippen MR) is 79.0 cm³/mol. The standard InChI is InChI=1S/C15H24N2O3/c1-12(16-15(19)17(2)10-11-18)4-5-13-6-8-14(20-3)9-7-13/h6-9,12,18H,4-5,10-11H2,1-3H3,(H,16,19). The van der Waals surface area contributed by atoms with E-state index in [1.165, 1.54) is 10.5 Å². The highest BCUT2D eigenvalue weighted by atomic mass is 16.5. The van der Waals surface area contributed by atoms with Gasteiger partial charge >= 0.3 is 6.03 Å². The summed E-state index contributed by atoms with van der Waals surface area (Å²) in [5, 5.41) is 11.7. The Bertz CT molecular complexity index is 406. The van der Waals surface area contributed by atoms with Gasteiger partial charge in [-0.1, -0.05) is 12.1 Å². The van der Waals surface area contributed by atoms with Gasteiger partial charge in [0.2, 0.25) is 0 Å². The fourth-order valence-electron chi connectivity index (χ4n) is 1.82.